The van der Waals surface area contributed by atoms with E-state index in [9.17, 15) is 8.78 Å². The summed E-state index contributed by atoms with van der Waals surface area (Å²) in [5, 5.41) is 0. The molecule has 0 N–H and O–H groups in total. The first-order valence-electron chi connectivity index (χ1n) is 14.1. The number of pyridine rings is 3. The maximum atomic E-state index is 13.0. The van der Waals surface area contributed by atoms with E-state index in [1.165, 1.54) is 18.3 Å². The first kappa shape index (κ1) is 42.5. The second-order valence-electron chi connectivity index (χ2n) is 14.0. The molecule has 0 unspecified atom stereocenters. The Morgan fingerprint density at radius 2 is 0.955 bits per heavy atom. The number of aromatic nitrogens is 5. The Bertz CT molecular complexity index is 1250. The summed E-state index contributed by atoms with van der Waals surface area (Å²) in [7, 11) is 0. The van der Waals surface area contributed by atoms with Crippen molar-refractivity contribution in [2.45, 2.75) is 120 Å². The number of hydrogen-bond acceptors (Lipinski definition) is 5. The van der Waals surface area contributed by atoms with Crippen LogP contribution in [-0.4, -0.2) is 24.9 Å². The van der Waals surface area contributed by atoms with E-state index in [0.29, 0.717) is 5.69 Å². The minimum Gasteiger partial charge on any atom is -0.261 e. The Labute approximate surface area is 267 Å². The summed E-state index contributed by atoms with van der Waals surface area (Å²) in [5.74, 6) is 0.396. The van der Waals surface area contributed by atoms with Crippen LogP contribution in [0.3, 0.4) is 0 Å². The largest absolute Gasteiger partial charge is 0.261 e. The van der Waals surface area contributed by atoms with E-state index < -0.39 is 0 Å². The first-order chi connectivity index (χ1) is 19.2. The molecule has 0 aliphatic rings. The van der Waals surface area contributed by atoms with Crippen LogP contribution in [0.25, 0.3) is 0 Å². The van der Waals surface area contributed by atoms with Crippen molar-refractivity contribution in [1.82, 2.24) is 24.9 Å². The second kappa shape index (κ2) is 18.3. The molecule has 7 heteroatoms. The van der Waals surface area contributed by atoms with Gasteiger partial charge in [-0.2, -0.15) is 0 Å². The van der Waals surface area contributed by atoms with E-state index in [2.05, 4.69) is 72.5 Å². The molecule has 0 amide bonds. The Hall–Kier alpha value is -3.61. The van der Waals surface area contributed by atoms with E-state index in [-0.39, 0.29) is 48.1 Å². The van der Waals surface area contributed by atoms with Gasteiger partial charge in [0.15, 0.2) is 0 Å². The van der Waals surface area contributed by atoms with Crippen LogP contribution in [0.4, 0.5) is 8.78 Å². The fourth-order valence-corrected chi connectivity index (χ4v) is 3.25. The van der Waals surface area contributed by atoms with Crippen molar-refractivity contribution < 1.29 is 8.78 Å². The zero-order chi connectivity index (χ0) is 32.2. The van der Waals surface area contributed by atoms with E-state index in [1.807, 2.05) is 65.9 Å². The van der Waals surface area contributed by atoms with Gasteiger partial charge in [-0.3, -0.25) is 15.0 Å². The molecule has 0 spiro atoms. The van der Waals surface area contributed by atoms with Crippen molar-refractivity contribution in [2.75, 3.05) is 0 Å². The summed E-state index contributed by atoms with van der Waals surface area (Å²) >= 11 is 0. The molecular weight excluding hydrogens is 552 g/mol. The van der Waals surface area contributed by atoms with Gasteiger partial charge in [-0.05, 0) is 42.5 Å². The third-order valence-electron chi connectivity index (χ3n) is 5.63. The van der Waals surface area contributed by atoms with E-state index in [4.69, 9.17) is 0 Å². The molecule has 0 atom stereocenters. The van der Waals surface area contributed by atoms with Crippen LogP contribution < -0.4 is 0 Å². The highest BCUT2D eigenvalue weighted by Gasteiger charge is 2.19. The van der Waals surface area contributed by atoms with Crippen molar-refractivity contribution in [3.8, 4) is 0 Å². The molecule has 0 fully saturated rings. The highest BCUT2D eigenvalue weighted by atomic mass is 19.1. The van der Waals surface area contributed by atoms with Crippen LogP contribution in [0.2, 0.25) is 0 Å². The topological polar surface area (TPSA) is 64.5 Å². The molecule has 4 heterocycles. The van der Waals surface area contributed by atoms with Crippen molar-refractivity contribution in [2.24, 2.45) is 0 Å². The molecule has 0 saturated carbocycles. The maximum Gasteiger partial charge on any atom is 0.145 e. The lowest BCUT2D eigenvalue weighted by atomic mass is 9.91. The third-order valence-corrected chi connectivity index (χ3v) is 5.63. The number of halogens is 2. The van der Waals surface area contributed by atoms with Crippen molar-refractivity contribution >= 4 is 0 Å². The summed E-state index contributed by atoms with van der Waals surface area (Å²) in [6.07, 6.45) is 8.24. The van der Waals surface area contributed by atoms with Gasteiger partial charge in [-0.15, -0.1) is 0 Å². The molecular formula is C37H57F2N5. The van der Waals surface area contributed by atoms with E-state index in [0.717, 1.165) is 17.2 Å². The number of nitrogens with zero attached hydrogens (tertiary/aromatic N) is 5. The number of rotatable bonds is 0. The molecule has 4 aromatic rings. The molecule has 4 rings (SSSR count). The SMILES string of the molecule is C.C.CC(C)(C)c1ccc(F)cn1.CC(C)(C)c1ccccn1.CC(C)(C)c1ncccc1F.CC(C)(C)c1ncccn1. The predicted octanol–water partition coefficient (Wildman–Crippen LogP) is 10.5. The molecule has 244 valence electrons. The fourth-order valence-electron chi connectivity index (χ4n) is 3.25. The zero-order valence-electron chi connectivity index (χ0n) is 27.5. The Morgan fingerprint density at radius 1 is 0.455 bits per heavy atom. The maximum absolute atomic E-state index is 13.0. The lowest BCUT2D eigenvalue weighted by Gasteiger charge is -2.17. The van der Waals surface area contributed by atoms with Gasteiger partial charge in [0.1, 0.15) is 17.5 Å². The van der Waals surface area contributed by atoms with E-state index >= 15 is 0 Å². The Balaban J connectivity index is 0. The normalized spacial score (nSPS) is 11.0. The molecule has 0 aromatic carbocycles. The van der Waals surface area contributed by atoms with Gasteiger partial charge in [0.25, 0.3) is 0 Å². The van der Waals surface area contributed by atoms with Gasteiger partial charge in [0, 0.05) is 57.8 Å². The summed E-state index contributed by atoms with van der Waals surface area (Å²) in [5.41, 5.74) is 2.65. The summed E-state index contributed by atoms with van der Waals surface area (Å²) < 4.78 is 25.4. The number of hydrogen-bond donors (Lipinski definition) is 0. The van der Waals surface area contributed by atoms with Crippen molar-refractivity contribution in [3.05, 3.63) is 114 Å². The van der Waals surface area contributed by atoms with Crippen molar-refractivity contribution in [3.63, 3.8) is 0 Å². The average Bonchev–Trinajstić information content (AvgIpc) is 2.89. The zero-order valence-corrected chi connectivity index (χ0v) is 27.5. The van der Waals surface area contributed by atoms with Gasteiger partial charge < -0.3 is 0 Å². The van der Waals surface area contributed by atoms with Crippen LogP contribution in [-0.2, 0) is 21.7 Å². The fraction of sp³-hybridized carbons (Fsp3) is 0.486. The molecule has 5 nitrogen and oxygen atoms in total. The first-order valence-corrected chi connectivity index (χ1v) is 14.1. The van der Waals surface area contributed by atoms with E-state index in [1.54, 1.807) is 30.7 Å². The molecule has 0 aliphatic heterocycles. The lowest BCUT2D eigenvalue weighted by Crippen LogP contribution is -2.15. The summed E-state index contributed by atoms with van der Waals surface area (Å²) in [4.78, 5) is 20.5. The highest BCUT2D eigenvalue weighted by Crippen LogP contribution is 2.22. The van der Waals surface area contributed by atoms with Crippen LogP contribution in [0.15, 0.2) is 79.5 Å². The van der Waals surface area contributed by atoms with Crippen LogP contribution in [0.5, 0.6) is 0 Å². The summed E-state index contributed by atoms with van der Waals surface area (Å²) in [6.45, 7) is 24.8. The quantitative estimate of drug-likeness (QED) is 0.198. The van der Waals surface area contributed by atoms with Gasteiger partial charge in [0.2, 0.25) is 0 Å². The predicted molar refractivity (Wildman–Crippen MR) is 183 cm³/mol. The monoisotopic (exact) mass is 609 g/mol. The van der Waals surface area contributed by atoms with Gasteiger partial charge in [0.05, 0.1) is 11.9 Å². The van der Waals surface area contributed by atoms with Crippen LogP contribution in [0.1, 0.15) is 121 Å². The molecule has 0 radical (unpaired) electrons. The van der Waals surface area contributed by atoms with Crippen molar-refractivity contribution in [1.29, 1.82) is 0 Å². The van der Waals surface area contributed by atoms with Gasteiger partial charge >= 0.3 is 0 Å². The third kappa shape index (κ3) is 16.3. The lowest BCUT2D eigenvalue weighted by molar-refractivity contribution is 0.503. The smallest absolute Gasteiger partial charge is 0.145 e. The highest BCUT2D eigenvalue weighted by molar-refractivity contribution is 5.16. The molecule has 4 aromatic heterocycles. The Kier molecular flexibility index (Phi) is 17.6. The average molecular weight is 610 g/mol. The molecule has 0 bridgehead atoms. The molecule has 0 saturated heterocycles. The molecule has 0 aliphatic carbocycles. The second-order valence-corrected chi connectivity index (χ2v) is 14.0. The standard InChI is InChI=1S/2C9H12FN.C9H13N.C8H12N2.2CH4/c1-9(2,3)8-5-4-7(10)6-11-8;1-9(2,3)8-7(10)5-4-6-11-8;1-9(2,3)8-6-4-5-7-10-8;1-8(2,3)7-9-5-4-6-10-7;;/h2*4-6H,1-3H3;4-7H,1-3H3;4-6H,1-3H3;2*1H4. The van der Waals surface area contributed by atoms with Crippen LogP contribution in [0, 0.1) is 11.6 Å². The Morgan fingerprint density at radius 3 is 1.27 bits per heavy atom. The minimum absolute atomic E-state index is 0. The summed E-state index contributed by atoms with van der Waals surface area (Å²) in [6, 6.07) is 14.0. The van der Waals surface area contributed by atoms with Gasteiger partial charge in [-0.25, -0.2) is 18.7 Å². The molecule has 44 heavy (non-hydrogen) atoms. The van der Waals surface area contributed by atoms with Crippen LogP contribution >= 0.6 is 0 Å². The minimum atomic E-state index is -0.280. The van der Waals surface area contributed by atoms with Gasteiger partial charge in [-0.1, -0.05) is 104 Å².